The van der Waals surface area contributed by atoms with Crippen LogP contribution in [0, 0.1) is 24.4 Å². The third-order valence-corrected chi connectivity index (χ3v) is 3.59. The monoisotopic (exact) mass is 327 g/mol. The molecule has 6 heteroatoms. The predicted molar refractivity (Wildman–Crippen MR) is 79.5 cm³/mol. The molecule has 22 heavy (non-hydrogen) atoms. The maximum Gasteiger partial charge on any atom is 0.224 e. The van der Waals surface area contributed by atoms with Gasteiger partial charge in [-0.2, -0.15) is 0 Å². The van der Waals surface area contributed by atoms with Crippen molar-refractivity contribution in [3.63, 3.8) is 0 Å². The first-order chi connectivity index (χ1) is 10.4. The topological polar surface area (TPSA) is 29.1 Å². The second-order valence-electron chi connectivity index (χ2n) is 4.85. The van der Waals surface area contributed by atoms with E-state index in [0.29, 0.717) is 11.4 Å². The van der Waals surface area contributed by atoms with Crippen molar-refractivity contribution in [1.29, 1.82) is 0 Å². The Bertz CT molecular complexity index is 719. The van der Waals surface area contributed by atoms with Crippen molar-refractivity contribution in [2.24, 2.45) is 0 Å². The Balaban J connectivity index is 1.99. The first-order valence-electron chi connectivity index (χ1n) is 6.57. The molecule has 1 N–H and O–H groups in total. The van der Waals surface area contributed by atoms with Gasteiger partial charge in [0.05, 0.1) is 5.69 Å². The summed E-state index contributed by atoms with van der Waals surface area (Å²) in [4.78, 5) is 11.8. The normalized spacial score (nSPS) is 10.6. The van der Waals surface area contributed by atoms with E-state index in [0.717, 1.165) is 23.3 Å². The van der Waals surface area contributed by atoms with Gasteiger partial charge in [-0.05, 0) is 42.7 Å². The smallest absolute Gasteiger partial charge is 0.224 e. The summed E-state index contributed by atoms with van der Waals surface area (Å²) < 4.78 is 39.3. The number of carbonyl (C=O) groups is 1. The lowest BCUT2D eigenvalue weighted by molar-refractivity contribution is -0.116. The van der Waals surface area contributed by atoms with Gasteiger partial charge in [-0.15, -0.1) is 0 Å². The zero-order valence-electron chi connectivity index (χ0n) is 11.7. The van der Waals surface area contributed by atoms with Crippen LogP contribution in [0.1, 0.15) is 17.5 Å². The van der Waals surface area contributed by atoms with Crippen molar-refractivity contribution in [3.05, 3.63) is 63.9 Å². The molecule has 0 aliphatic rings. The SMILES string of the molecule is Cc1ccc(CCC(=O)Nc2ccc(F)c(F)c2F)cc1Cl. The lowest BCUT2D eigenvalue weighted by Gasteiger charge is -2.08. The van der Waals surface area contributed by atoms with Crippen LogP contribution in [0.2, 0.25) is 5.02 Å². The Hall–Kier alpha value is -2.01. The van der Waals surface area contributed by atoms with Crippen LogP contribution in [0.3, 0.4) is 0 Å². The molecule has 2 aromatic rings. The van der Waals surface area contributed by atoms with E-state index in [2.05, 4.69) is 5.32 Å². The number of hydrogen-bond acceptors (Lipinski definition) is 1. The number of nitrogens with one attached hydrogen (secondary N) is 1. The Morgan fingerprint density at radius 3 is 2.55 bits per heavy atom. The maximum atomic E-state index is 13.4. The summed E-state index contributed by atoms with van der Waals surface area (Å²) in [6, 6.07) is 7.17. The molecule has 0 aliphatic heterocycles. The van der Waals surface area contributed by atoms with Gasteiger partial charge in [-0.1, -0.05) is 23.7 Å². The molecular weight excluding hydrogens is 315 g/mol. The van der Waals surface area contributed by atoms with Gasteiger partial charge in [-0.3, -0.25) is 4.79 Å². The van der Waals surface area contributed by atoms with Gasteiger partial charge in [0.1, 0.15) is 0 Å². The van der Waals surface area contributed by atoms with Crippen LogP contribution in [0.5, 0.6) is 0 Å². The highest BCUT2D eigenvalue weighted by atomic mass is 35.5. The van der Waals surface area contributed by atoms with Crippen LogP contribution in [-0.2, 0) is 11.2 Å². The number of aryl methyl sites for hydroxylation is 2. The Morgan fingerprint density at radius 1 is 1.14 bits per heavy atom. The summed E-state index contributed by atoms with van der Waals surface area (Å²) in [7, 11) is 0. The van der Waals surface area contributed by atoms with Crippen LogP contribution >= 0.6 is 11.6 Å². The second-order valence-corrected chi connectivity index (χ2v) is 5.26. The minimum Gasteiger partial charge on any atom is -0.323 e. The number of hydrogen-bond donors (Lipinski definition) is 1. The third-order valence-electron chi connectivity index (χ3n) is 3.19. The molecule has 0 bridgehead atoms. The minimum absolute atomic E-state index is 0.0673. The highest BCUT2D eigenvalue weighted by Crippen LogP contribution is 2.21. The second kappa shape index (κ2) is 6.83. The van der Waals surface area contributed by atoms with E-state index < -0.39 is 23.4 Å². The summed E-state index contributed by atoms with van der Waals surface area (Å²) in [5.41, 5.74) is 1.40. The molecule has 0 spiro atoms. The standard InChI is InChI=1S/C16H13ClF3NO/c1-9-2-3-10(8-11(9)17)4-7-14(22)21-13-6-5-12(18)15(19)16(13)20/h2-3,5-6,8H,4,7H2,1H3,(H,21,22). The molecule has 0 saturated carbocycles. The highest BCUT2D eigenvalue weighted by molar-refractivity contribution is 6.31. The van der Waals surface area contributed by atoms with Gasteiger partial charge < -0.3 is 5.32 Å². The lowest BCUT2D eigenvalue weighted by Crippen LogP contribution is -2.14. The molecule has 0 aromatic heterocycles. The minimum atomic E-state index is -1.61. The van der Waals surface area contributed by atoms with Crippen molar-refractivity contribution in [1.82, 2.24) is 0 Å². The van der Waals surface area contributed by atoms with E-state index in [9.17, 15) is 18.0 Å². The van der Waals surface area contributed by atoms with Crippen LogP contribution in [0.25, 0.3) is 0 Å². The number of halogens is 4. The summed E-state index contributed by atoms with van der Waals surface area (Å²) in [6.07, 6.45) is 0.467. The fourth-order valence-corrected chi connectivity index (χ4v) is 2.09. The molecule has 0 heterocycles. The fourth-order valence-electron chi connectivity index (χ4n) is 1.88. The third kappa shape index (κ3) is 3.80. The number of carbonyl (C=O) groups excluding carboxylic acids is 1. The van der Waals surface area contributed by atoms with Crippen LogP contribution in [0.4, 0.5) is 18.9 Å². The number of anilines is 1. The molecule has 1 amide bonds. The van der Waals surface area contributed by atoms with Crippen molar-refractivity contribution in [2.75, 3.05) is 5.32 Å². The summed E-state index contributed by atoms with van der Waals surface area (Å²) >= 11 is 5.98. The molecule has 0 atom stereocenters. The van der Waals surface area contributed by atoms with Crippen molar-refractivity contribution < 1.29 is 18.0 Å². The average Bonchev–Trinajstić information content (AvgIpc) is 2.49. The summed E-state index contributed by atoms with van der Waals surface area (Å²) in [5.74, 6) is -4.82. The molecule has 2 aromatic carbocycles. The molecule has 0 radical (unpaired) electrons. The van der Waals surface area contributed by atoms with Gasteiger partial charge in [0.25, 0.3) is 0 Å². The largest absolute Gasteiger partial charge is 0.323 e. The highest BCUT2D eigenvalue weighted by Gasteiger charge is 2.15. The van der Waals surface area contributed by atoms with Crippen LogP contribution < -0.4 is 5.32 Å². The van der Waals surface area contributed by atoms with E-state index in [1.165, 1.54) is 0 Å². The molecule has 0 fully saturated rings. The molecule has 0 unspecified atom stereocenters. The summed E-state index contributed by atoms with van der Waals surface area (Å²) in [5, 5.41) is 2.82. The molecule has 2 rings (SSSR count). The van der Waals surface area contributed by atoms with Crippen molar-refractivity contribution in [3.8, 4) is 0 Å². The fraction of sp³-hybridized carbons (Fsp3) is 0.188. The number of amides is 1. The van der Waals surface area contributed by atoms with Gasteiger partial charge >= 0.3 is 0 Å². The Kier molecular flexibility index (Phi) is 5.08. The van der Waals surface area contributed by atoms with Crippen molar-refractivity contribution in [2.45, 2.75) is 19.8 Å². The van der Waals surface area contributed by atoms with E-state index in [4.69, 9.17) is 11.6 Å². The van der Waals surface area contributed by atoms with Gasteiger partial charge in [-0.25, -0.2) is 13.2 Å². The van der Waals surface area contributed by atoms with Gasteiger partial charge in [0.15, 0.2) is 17.5 Å². The first kappa shape index (κ1) is 16.4. The van der Waals surface area contributed by atoms with Crippen LogP contribution in [-0.4, -0.2) is 5.91 Å². The van der Waals surface area contributed by atoms with E-state index in [1.54, 1.807) is 6.07 Å². The van der Waals surface area contributed by atoms with E-state index >= 15 is 0 Å². The Labute approximate surface area is 130 Å². The first-order valence-corrected chi connectivity index (χ1v) is 6.94. The van der Waals surface area contributed by atoms with Gasteiger partial charge in [0, 0.05) is 11.4 Å². The van der Waals surface area contributed by atoms with E-state index in [1.807, 2.05) is 19.1 Å². The number of rotatable bonds is 4. The lowest BCUT2D eigenvalue weighted by atomic mass is 10.1. The van der Waals surface area contributed by atoms with E-state index in [-0.39, 0.29) is 12.1 Å². The molecule has 0 saturated heterocycles. The molecular formula is C16H13ClF3NO. The predicted octanol–water partition coefficient (Wildman–Crippen LogP) is 4.64. The number of benzene rings is 2. The maximum absolute atomic E-state index is 13.4. The van der Waals surface area contributed by atoms with Crippen molar-refractivity contribution >= 4 is 23.2 Å². The molecule has 116 valence electrons. The van der Waals surface area contributed by atoms with Crippen LogP contribution in [0.15, 0.2) is 30.3 Å². The zero-order valence-corrected chi connectivity index (χ0v) is 12.5. The zero-order chi connectivity index (χ0) is 16.3. The molecule has 2 nitrogen and oxygen atoms in total. The summed E-state index contributed by atoms with van der Waals surface area (Å²) in [6.45, 7) is 1.87. The molecule has 0 aliphatic carbocycles. The quantitative estimate of drug-likeness (QED) is 0.815. The Morgan fingerprint density at radius 2 is 1.86 bits per heavy atom. The average molecular weight is 328 g/mol. The van der Waals surface area contributed by atoms with Gasteiger partial charge in [0.2, 0.25) is 5.91 Å².